The Labute approximate surface area is 146 Å². The van der Waals surface area contributed by atoms with E-state index < -0.39 is 0 Å². The summed E-state index contributed by atoms with van der Waals surface area (Å²) in [7, 11) is 1.57. The first-order valence-electron chi connectivity index (χ1n) is 8.43. The molecule has 7 nitrogen and oxygen atoms in total. The number of nitrogens with zero attached hydrogens (tertiary/aromatic N) is 2. The lowest BCUT2D eigenvalue weighted by molar-refractivity contribution is 0.0952. The molecule has 0 aliphatic heterocycles. The van der Waals surface area contributed by atoms with Gasteiger partial charge in [-0.2, -0.15) is 5.10 Å². The van der Waals surface area contributed by atoms with Gasteiger partial charge in [0.05, 0.1) is 12.8 Å². The molecule has 25 heavy (non-hydrogen) atoms. The third kappa shape index (κ3) is 4.17. The summed E-state index contributed by atoms with van der Waals surface area (Å²) in [4.78, 5) is 24.6. The molecule has 1 aromatic carbocycles. The zero-order valence-corrected chi connectivity index (χ0v) is 14.4. The SMILES string of the molecule is CCOc1cnn(C)c(=O)c1Nc1cccc(C(=O)NCC2CC2)c1. The van der Waals surface area contributed by atoms with Gasteiger partial charge in [0.1, 0.15) is 0 Å². The zero-order chi connectivity index (χ0) is 17.8. The van der Waals surface area contributed by atoms with Crippen molar-refractivity contribution in [2.75, 3.05) is 18.5 Å². The first-order chi connectivity index (χ1) is 12.1. The Bertz CT molecular complexity index is 827. The second kappa shape index (κ2) is 7.38. The van der Waals surface area contributed by atoms with E-state index in [-0.39, 0.29) is 11.5 Å². The lowest BCUT2D eigenvalue weighted by atomic mass is 10.2. The second-order valence-electron chi connectivity index (χ2n) is 6.10. The van der Waals surface area contributed by atoms with E-state index in [0.29, 0.717) is 35.2 Å². The van der Waals surface area contributed by atoms with Crippen LogP contribution in [-0.2, 0) is 7.05 Å². The summed E-state index contributed by atoms with van der Waals surface area (Å²) in [6, 6.07) is 7.05. The fourth-order valence-electron chi connectivity index (χ4n) is 2.45. The molecule has 0 bridgehead atoms. The van der Waals surface area contributed by atoms with Gasteiger partial charge in [0.2, 0.25) is 0 Å². The lowest BCUT2D eigenvalue weighted by Crippen LogP contribution is -2.25. The summed E-state index contributed by atoms with van der Waals surface area (Å²) in [5.74, 6) is 0.899. The highest BCUT2D eigenvalue weighted by Gasteiger charge is 2.22. The van der Waals surface area contributed by atoms with Crippen LogP contribution < -0.4 is 20.9 Å². The lowest BCUT2D eigenvalue weighted by Gasteiger charge is -2.13. The number of ether oxygens (including phenoxy) is 1. The number of amides is 1. The van der Waals surface area contributed by atoms with Gasteiger partial charge < -0.3 is 15.4 Å². The number of anilines is 2. The predicted octanol–water partition coefficient (Wildman–Crippen LogP) is 2.06. The molecule has 1 amide bonds. The van der Waals surface area contributed by atoms with Gasteiger partial charge in [-0.05, 0) is 43.9 Å². The maximum Gasteiger partial charge on any atom is 0.294 e. The van der Waals surface area contributed by atoms with Crippen LogP contribution in [0.15, 0.2) is 35.3 Å². The van der Waals surface area contributed by atoms with Gasteiger partial charge in [-0.25, -0.2) is 4.68 Å². The van der Waals surface area contributed by atoms with E-state index in [1.54, 1.807) is 31.3 Å². The normalized spacial score (nSPS) is 13.4. The molecule has 2 aromatic rings. The van der Waals surface area contributed by atoms with Crippen molar-refractivity contribution in [2.45, 2.75) is 19.8 Å². The number of hydrogen-bond acceptors (Lipinski definition) is 5. The van der Waals surface area contributed by atoms with E-state index in [1.807, 2.05) is 6.92 Å². The molecule has 132 valence electrons. The van der Waals surface area contributed by atoms with Crippen LogP contribution in [0.5, 0.6) is 5.75 Å². The number of carbonyl (C=O) groups is 1. The Kier molecular flexibility index (Phi) is 5.02. The first kappa shape index (κ1) is 17.0. The summed E-state index contributed by atoms with van der Waals surface area (Å²) in [6.45, 7) is 2.98. The van der Waals surface area contributed by atoms with E-state index in [2.05, 4.69) is 15.7 Å². The highest BCUT2D eigenvalue weighted by Crippen LogP contribution is 2.28. The molecule has 2 N–H and O–H groups in total. The third-order valence-corrected chi connectivity index (χ3v) is 4.04. The predicted molar refractivity (Wildman–Crippen MR) is 95.4 cm³/mol. The Morgan fingerprint density at radius 3 is 2.92 bits per heavy atom. The Balaban J connectivity index is 1.81. The number of aryl methyl sites for hydroxylation is 1. The van der Waals surface area contributed by atoms with E-state index in [4.69, 9.17) is 4.74 Å². The highest BCUT2D eigenvalue weighted by molar-refractivity contribution is 5.95. The van der Waals surface area contributed by atoms with Crippen molar-refractivity contribution in [1.29, 1.82) is 0 Å². The van der Waals surface area contributed by atoms with Crippen LogP contribution in [0.3, 0.4) is 0 Å². The topological polar surface area (TPSA) is 85.2 Å². The highest BCUT2D eigenvalue weighted by atomic mass is 16.5. The molecule has 1 heterocycles. The summed E-state index contributed by atoms with van der Waals surface area (Å²) < 4.78 is 6.71. The van der Waals surface area contributed by atoms with Gasteiger partial charge in [0, 0.05) is 24.8 Å². The zero-order valence-electron chi connectivity index (χ0n) is 14.4. The minimum Gasteiger partial charge on any atom is -0.490 e. The first-order valence-corrected chi connectivity index (χ1v) is 8.43. The number of rotatable bonds is 7. The molecule has 0 saturated heterocycles. The van der Waals surface area contributed by atoms with E-state index in [9.17, 15) is 9.59 Å². The van der Waals surface area contributed by atoms with Crippen molar-refractivity contribution in [2.24, 2.45) is 13.0 Å². The molecule has 0 atom stereocenters. The number of nitrogens with one attached hydrogen (secondary N) is 2. The van der Waals surface area contributed by atoms with E-state index in [0.717, 1.165) is 6.54 Å². The van der Waals surface area contributed by atoms with Crippen LogP contribution in [0.2, 0.25) is 0 Å². The minimum absolute atomic E-state index is 0.108. The standard InChI is InChI=1S/C18H22N4O3/c1-3-25-15-11-20-22(2)18(24)16(15)21-14-6-4-5-13(9-14)17(23)19-10-12-7-8-12/h4-6,9,11-12,21H,3,7-8,10H2,1-2H3,(H,19,23). The van der Waals surface area contributed by atoms with Crippen LogP contribution in [0.25, 0.3) is 0 Å². The fraction of sp³-hybridized carbons (Fsp3) is 0.389. The Morgan fingerprint density at radius 2 is 2.20 bits per heavy atom. The van der Waals surface area contributed by atoms with Crippen molar-refractivity contribution in [3.05, 3.63) is 46.4 Å². The van der Waals surface area contributed by atoms with Crippen LogP contribution in [0.1, 0.15) is 30.1 Å². The molecule has 0 spiro atoms. The summed E-state index contributed by atoms with van der Waals surface area (Å²) in [5.41, 5.74) is 1.20. The average molecular weight is 342 g/mol. The van der Waals surface area contributed by atoms with Crippen molar-refractivity contribution in [3.8, 4) is 5.75 Å². The smallest absolute Gasteiger partial charge is 0.294 e. The van der Waals surface area contributed by atoms with Gasteiger partial charge in [-0.15, -0.1) is 0 Å². The molecule has 1 aliphatic carbocycles. The summed E-state index contributed by atoms with van der Waals surface area (Å²) in [6.07, 6.45) is 3.88. The molecule has 1 aliphatic rings. The molecule has 0 unspecified atom stereocenters. The van der Waals surface area contributed by atoms with Crippen molar-refractivity contribution in [3.63, 3.8) is 0 Å². The van der Waals surface area contributed by atoms with Gasteiger partial charge >= 0.3 is 0 Å². The number of aromatic nitrogens is 2. The van der Waals surface area contributed by atoms with Crippen LogP contribution >= 0.6 is 0 Å². The molecular weight excluding hydrogens is 320 g/mol. The van der Waals surface area contributed by atoms with Gasteiger partial charge in [-0.3, -0.25) is 9.59 Å². The largest absolute Gasteiger partial charge is 0.490 e. The van der Waals surface area contributed by atoms with Crippen LogP contribution in [0, 0.1) is 5.92 Å². The average Bonchev–Trinajstić information content (AvgIpc) is 3.44. The Morgan fingerprint density at radius 1 is 1.40 bits per heavy atom. The maximum atomic E-state index is 12.4. The summed E-state index contributed by atoms with van der Waals surface area (Å²) in [5, 5.41) is 9.96. The van der Waals surface area contributed by atoms with Crippen molar-refractivity contribution < 1.29 is 9.53 Å². The molecule has 1 saturated carbocycles. The van der Waals surface area contributed by atoms with Crippen molar-refractivity contribution >= 4 is 17.3 Å². The van der Waals surface area contributed by atoms with Crippen LogP contribution in [-0.4, -0.2) is 28.8 Å². The van der Waals surface area contributed by atoms with Crippen molar-refractivity contribution in [1.82, 2.24) is 15.1 Å². The van der Waals surface area contributed by atoms with Gasteiger partial charge in [0.15, 0.2) is 11.4 Å². The molecule has 3 rings (SSSR count). The van der Waals surface area contributed by atoms with Gasteiger partial charge in [-0.1, -0.05) is 6.07 Å². The number of benzene rings is 1. The number of hydrogen-bond donors (Lipinski definition) is 2. The second-order valence-corrected chi connectivity index (χ2v) is 6.10. The van der Waals surface area contributed by atoms with Crippen LogP contribution in [0.4, 0.5) is 11.4 Å². The maximum absolute atomic E-state index is 12.4. The monoisotopic (exact) mass is 342 g/mol. The molecule has 0 radical (unpaired) electrons. The van der Waals surface area contributed by atoms with E-state index >= 15 is 0 Å². The number of carbonyl (C=O) groups excluding carboxylic acids is 1. The minimum atomic E-state index is -0.297. The third-order valence-electron chi connectivity index (χ3n) is 4.04. The quantitative estimate of drug-likeness (QED) is 0.804. The Hall–Kier alpha value is -2.83. The molecule has 7 heteroatoms. The molecular formula is C18H22N4O3. The molecule has 1 fully saturated rings. The fourth-order valence-corrected chi connectivity index (χ4v) is 2.45. The van der Waals surface area contributed by atoms with E-state index in [1.165, 1.54) is 23.7 Å². The summed E-state index contributed by atoms with van der Waals surface area (Å²) >= 11 is 0. The molecule has 1 aromatic heterocycles. The van der Waals surface area contributed by atoms with Gasteiger partial charge in [0.25, 0.3) is 11.5 Å².